The number of allylic oxidation sites excluding steroid dienone is 4. The first-order chi connectivity index (χ1) is 23.8. The molecule has 1 nitrogen and oxygen atoms in total. The minimum absolute atomic E-state index is 0.231. The molecule has 2 unspecified atom stereocenters. The van der Waals surface area contributed by atoms with Crippen LogP contribution in [0.4, 0.5) is 0 Å². The standard InChI is InChI=1S/C46H36Br2O/c1-30-11-16-33(17-12-30)45(34-18-13-31(2)14-19-34)42-9-5-4-8-40(42)41-28-15-32(29-44(41)45)39-7-3-6-10-43(39)46(49,35-20-24-37(47)25-21-35)36-22-26-38(48)27-23-36/h3-18,20-29,34,49H,19H2,1-2H3. The van der Waals surface area contributed by atoms with Crippen LogP contribution in [0.1, 0.15) is 52.3 Å². The van der Waals surface area contributed by atoms with Gasteiger partial charge in [0.25, 0.3) is 0 Å². The van der Waals surface area contributed by atoms with E-state index in [4.69, 9.17) is 0 Å². The second kappa shape index (κ2) is 12.6. The molecule has 0 radical (unpaired) electrons. The average Bonchev–Trinajstić information content (AvgIpc) is 3.43. The maximum absolute atomic E-state index is 13.1. The first-order valence-electron chi connectivity index (χ1n) is 16.8. The third kappa shape index (κ3) is 5.22. The predicted molar refractivity (Wildman–Crippen MR) is 210 cm³/mol. The van der Waals surface area contributed by atoms with E-state index in [-0.39, 0.29) is 11.3 Å². The van der Waals surface area contributed by atoms with E-state index in [9.17, 15) is 5.11 Å². The molecule has 2 aliphatic carbocycles. The fraction of sp³-hybridized carbons (Fsp3) is 0.130. The molecule has 0 fully saturated rings. The molecule has 49 heavy (non-hydrogen) atoms. The van der Waals surface area contributed by atoms with Crippen molar-refractivity contribution >= 4 is 31.9 Å². The fourth-order valence-electron chi connectivity index (χ4n) is 8.18. The molecule has 2 aliphatic rings. The van der Waals surface area contributed by atoms with E-state index in [1.807, 2.05) is 54.6 Å². The molecule has 0 saturated carbocycles. The van der Waals surface area contributed by atoms with Crippen LogP contribution in [0, 0.1) is 12.8 Å². The van der Waals surface area contributed by atoms with Gasteiger partial charge in [-0.25, -0.2) is 0 Å². The highest BCUT2D eigenvalue weighted by atomic mass is 79.9. The van der Waals surface area contributed by atoms with Gasteiger partial charge < -0.3 is 5.11 Å². The first-order valence-corrected chi connectivity index (χ1v) is 18.4. The Kier molecular flexibility index (Phi) is 8.19. The van der Waals surface area contributed by atoms with Crippen LogP contribution in [0.25, 0.3) is 22.3 Å². The Labute approximate surface area is 306 Å². The van der Waals surface area contributed by atoms with Crippen LogP contribution in [-0.2, 0) is 11.0 Å². The van der Waals surface area contributed by atoms with E-state index >= 15 is 0 Å². The summed E-state index contributed by atoms with van der Waals surface area (Å²) in [5.74, 6) is 0.231. The van der Waals surface area contributed by atoms with Crippen molar-refractivity contribution in [2.24, 2.45) is 5.92 Å². The SMILES string of the molecule is CC1=CCC(C2(c3ccc(C)cc3)c3ccccc3-c3ccc(-c4ccccc4C(O)(c4ccc(Br)cc4)c4ccc(Br)cc4)cc32)C=C1. The highest BCUT2D eigenvalue weighted by Gasteiger charge is 2.49. The fourth-order valence-corrected chi connectivity index (χ4v) is 8.71. The number of halogens is 2. The minimum atomic E-state index is -1.40. The Hall–Kier alpha value is -4.28. The van der Waals surface area contributed by atoms with Crippen molar-refractivity contribution in [1.82, 2.24) is 0 Å². The van der Waals surface area contributed by atoms with E-state index in [1.54, 1.807) is 0 Å². The van der Waals surface area contributed by atoms with E-state index in [0.717, 1.165) is 43.2 Å². The summed E-state index contributed by atoms with van der Waals surface area (Å²) in [4.78, 5) is 0. The van der Waals surface area contributed by atoms with Crippen molar-refractivity contribution in [2.45, 2.75) is 31.3 Å². The van der Waals surface area contributed by atoms with Crippen molar-refractivity contribution in [1.29, 1.82) is 0 Å². The van der Waals surface area contributed by atoms with Crippen molar-refractivity contribution in [3.63, 3.8) is 0 Å². The van der Waals surface area contributed by atoms with Gasteiger partial charge in [0.2, 0.25) is 0 Å². The van der Waals surface area contributed by atoms with Gasteiger partial charge in [-0.1, -0.05) is 170 Å². The summed E-state index contributed by atoms with van der Waals surface area (Å²) in [6, 6.07) is 49.5. The molecule has 240 valence electrons. The zero-order valence-corrected chi connectivity index (χ0v) is 30.7. The number of aliphatic hydroxyl groups is 1. The topological polar surface area (TPSA) is 20.2 Å². The van der Waals surface area contributed by atoms with E-state index < -0.39 is 5.60 Å². The van der Waals surface area contributed by atoms with Crippen molar-refractivity contribution < 1.29 is 5.11 Å². The lowest BCUT2D eigenvalue weighted by atomic mass is 9.62. The monoisotopic (exact) mass is 762 g/mol. The molecule has 0 saturated heterocycles. The third-order valence-electron chi connectivity index (χ3n) is 10.6. The van der Waals surface area contributed by atoms with Gasteiger partial charge in [-0.2, -0.15) is 0 Å². The maximum atomic E-state index is 13.1. The normalized spacial score (nSPS) is 18.1. The van der Waals surface area contributed by atoms with Crippen LogP contribution < -0.4 is 0 Å². The first kappa shape index (κ1) is 32.0. The Morgan fingerprint density at radius 2 is 1.22 bits per heavy atom. The molecule has 6 aromatic carbocycles. The van der Waals surface area contributed by atoms with Gasteiger partial charge in [-0.05, 0) is 107 Å². The average molecular weight is 765 g/mol. The van der Waals surface area contributed by atoms with Crippen LogP contribution in [0.3, 0.4) is 0 Å². The smallest absolute Gasteiger partial charge is 0.141 e. The molecule has 2 atom stereocenters. The van der Waals surface area contributed by atoms with Gasteiger partial charge in [-0.15, -0.1) is 0 Å². The van der Waals surface area contributed by atoms with Gasteiger partial charge >= 0.3 is 0 Å². The highest BCUT2D eigenvalue weighted by molar-refractivity contribution is 9.10. The van der Waals surface area contributed by atoms with Crippen LogP contribution in [0.2, 0.25) is 0 Å². The Balaban J connectivity index is 1.39. The molecule has 0 spiro atoms. The molecule has 0 bridgehead atoms. The van der Waals surface area contributed by atoms with Gasteiger partial charge in [0, 0.05) is 14.5 Å². The Morgan fingerprint density at radius 3 is 1.86 bits per heavy atom. The lowest BCUT2D eigenvalue weighted by Gasteiger charge is -2.40. The van der Waals surface area contributed by atoms with E-state index in [2.05, 4.69) is 149 Å². The molecule has 0 aromatic heterocycles. The minimum Gasteiger partial charge on any atom is -0.376 e. The molecular weight excluding hydrogens is 728 g/mol. The van der Waals surface area contributed by atoms with Crippen molar-refractivity contribution in [2.75, 3.05) is 0 Å². The quantitative estimate of drug-likeness (QED) is 0.168. The second-order valence-corrected chi connectivity index (χ2v) is 15.2. The van der Waals surface area contributed by atoms with Crippen LogP contribution in [0.5, 0.6) is 0 Å². The lowest BCUT2D eigenvalue weighted by Crippen LogP contribution is -2.35. The third-order valence-corrected chi connectivity index (χ3v) is 11.6. The molecule has 3 heteroatoms. The molecule has 8 rings (SSSR count). The van der Waals surface area contributed by atoms with Gasteiger partial charge in [-0.3, -0.25) is 0 Å². The van der Waals surface area contributed by atoms with Crippen LogP contribution >= 0.6 is 31.9 Å². The Bertz CT molecular complexity index is 2200. The molecule has 0 heterocycles. The highest BCUT2D eigenvalue weighted by Crippen LogP contribution is 2.59. The van der Waals surface area contributed by atoms with Crippen molar-refractivity contribution in [3.05, 3.63) is 211 Å². The lowest BCUT2D eigenvalue weighted by molar-refractivity contribution is 0.126. The molecule has 6 aromatic rings. The summed E-state index contributed by atoms with van der Waals surface area (Å²) >= 11 is 7.20. The zero-order chi connectivity index (χ0) is 33.8. The summed E-state index contributed by atoms with van der Waals surface area (Å²) in [6.45, 7) is 4.35. The second-order valence-electron chi connectivity index (χ2n) is 13.4. The molecule has 0 aliphatic heterocycles. The maximum Gasteiger partial charge on any atom is 0.141 e. The summed E-state index contributed by atoms with van der Waals surface area (Å²) in [5, 5.41) is 13.1. The molecular formula is C46H36Br2O. The largest absolute Gasteiger partial charge is 0.376 e. The Morgan fingerprint density at radius 1 is 0.633 bits per heavy atom. The predicted octanol–water partition coefficient (Wildman–Crippen LogP) is 12.3. The molecule has 0 amide bonds. The van der Waals surface area contributed by atoms with Gasteiger partial charge in [0.05, 0.1) is 5.41 Å². The van der Waals surface area contributed by atoms with Crippen LogP contribution in [-0.4, -0.2) is 5.11 Å². The van der Waals surface area contributed by atoms with Gasteiger partial charge in [0.15, 0.2) is 0 Å². The molecule has 1 N–H and O–H groups in total. The van der Waals surface area contributed by atoms with Crippen molar-refractivity contribution in [3.8, 4) is 22.3 Å². The van der Waals surface area contributed by atoms with E-state index in [0.29, 0.717) is 0 Å². The summed E-state index contributed by atoms with van der Waals surface area (Å²) < 4.78 is 1.94. The number of hydrogen-bond donors (Lipinski definition) is 1. The van der Waals surface area contributed by atoms with Gasteiger partial charge in [0.1, 0.15) is 5.60 Å². The number of fused-ring (bicyclic) bond motifs is 3. The summed E-state index contributed by atoms with van der Waals surface area (Å²) in [7, 11) is 0. The zero-order valence-electron chi connectivity index (χ0n) is 27.5. The number of rotatable bonds is 6. The summed E-state index contributed by atoms with van der Waals surface area (Å²) in [6.07, 6.45) is 8.07. The number of aryl methyl sites for hydroxylation is 1. The van der Waals surface area contributed by atoms with Crippen LogP contribution in [0.15, 0.2) is 172 Å². The van der Waals surface area contributed by atoms with E-state index in [1.165, 1.54) is 39.0 Å². The summed E-state index contributed by atoms with van der Waals surface area (Å²) in [5.41, 5.74) is 11.8. The number of benzene rings is 6. The number of hydrogen-bond acceptors (Lipinski definition) is 1.